The molecule has 0 saturated carbocycles. The molecule has 0 spiro atoms. The van der Waals surface area contributed by atoms with E-state index in [2.05, 4.69) is 44.3 Å². The summed E-state index contributed by atoms with van der Waals surface area (Å²) < 4.78 is 11.2. The third-order valence-corrected chi connectivity index (χ3v) is 9.54. The van der Waals surface area contributed by atoms with E-state index in [-0.39, 0.29) is 12.5 Å². The molecular formula is C41H75NO8. The van der Waals surface area contributed by atoms with Gasteiger partial charge in [-0.3, -0.25) is 4.79 Å². The van der Waals surface area contributed by atoms with Crippen molar-refractivity contribution in [1.29, 1.82) is 0 Å². The van der Waals surface area contributed by atoms with Gasteiger partial charge in [0.05, 0.1) is 25.4 Å². The van der Waals surface area contributed by atoms with Crippen molar-refractivity contribution in [2.75, 3.05) is 13.2 Å². The Hall–Kier alpha value is -1.59. The molecule has 9 nitrogen and oxygen atoms in total. The summed E-state index contributed by atoms with van der Waals surface area (Å²) in [6.45, 7) is 5.78. The van der Waals surface area contributed by atoms with Gasteiger partial charge in [0.1, 0.15) is 24.4 Å². The summed E-state index contributed by atoms with van der Waals surface area (Å²) in [6.07, 6.45) is 27.2. The van der Waals surface area contributed by atoms with Gasteiger partial charge in [0.2, 0.25) is 5.91 Å². The lowest BCUT2D eigenvalue weighted by molar-refractivity contribution is -0.302. The minimum Gasteiger partial charge on any atom is -0.394 e. The van der Waals surface area contributed by atoms with Crippen LogP contribution in [0.15, 0.2) is 36.0 Å². The van der Waals surface area contributed by atoms with Crippen LogP contribution >= 0.6 is 0 Å². The van der Waals surface area contributed by atoms with E-state index in [1.165, 1.54) is 102 Å². The predicted octanol–water partition coefficient (Wildman–Crippen LogP) is 7.33. The molecule has 0 bridgehead atoms. The molecule has 1 fully saturated rings. The van der Waals surface area contributed by atoms with Crippen molar-refractivity contribution in [3.05, 3.63) is 36.0 Å². The summed E-state index contributed by atoms with van der Waals surface area (Å²) in [6, 6.07) is -0.828. The van der Waals surface area contributed by atoms with E-state index in [9.17, 15) is 30.3 Å². The second-order valence-corrected chi connectivity index (χ2v) is 14.2. The number of rotatable bonds is 31. The molecule has 7 atom stereocenters. The highest BCUT2D eigenvalue weighted by Gasteiger charge is 2.44. The first-order chi connectivity index (χ1) is 24.2. The highest BCUT2D eigenvalue weighted by atomic mass is 16.7. The molecular weight excluding hydrogens is 634 g/mol. The fourth-order valence-electron chi connectivity index (χ4n) is 6.19. The Morgan fingerprint density at radius 2 is 1.30 bits per heavy atom. The van der Waals surface area contributed by atoms with Crippen molar-refractivity contribution in [3.8, 4) is 0 Å². The summed E-state index contributed by atoms with van der Waals surface area (Å²) in [5.41, 5.74) is 1.21. The molecule has 1 amide bonds. The molecule has 1 aliphatic rings. The lowest BCUT2D eigenvalue weighted by atomic mass is 9.99. The lowest BCUT2D eigenvalue weighted by Gasteiger charge is -2.40. The monoisotopic (exact) mass is 710 g/mol. The van der Waals surface area contributed by atoms with Gasteiger partial charge in [0.25, 0.3) is 0 Å². The van der Waals surface area contributed by atoms with Crippen molar-refractivity contribution >= 4 is 5.91 Å². The van der Waals surface area contributed by atoms with Crippen LogP contribution in [0.3, 0.4) is 0 Å². The van der Waals surface area contributed by atoms with Crippen LogP contribution in [-0.4, -0.2) is 87.5 Å². The molecule has 1 rings (SSSR count). The number of unbranched alkanes of at least 4 members (excludes halogenated alkanes) is 18. The highest BCUT2D eigenvalue weighted by Crippen LogP contribution is 2.22. The number of nitrogens with one attached hydrogen (secondary N) is 1. The zero-order valence-electron chi connectivity index (χ0n) is 31.9. The van der Waals surface area contributed by atoms with E-state index in [4.69, 9.17) is 9.47 Å². The molecule has 0 radical (unpaired) electrons. The van der Waals surface area contributed by atoms with Crippen molar-refractivity contribution in [1.82, 2.24) is 5.32 Å². The third-order valence-electron chi connectivity index (χ3n) is 9.54. The normalized spacial score (nSPS) is 22.8. The molecule has 9 heteroatoms. The minimum absolute atomic E-state index is 0.196. The number of aliphatic hydroxyl groups excluding tert-OH is 5. The third kappa shape index (κ3) is 22.4. The van der Waals surface area contributed by atoms with Crippen LogP contribution < -0.4 is 5.32 Å². The molecule has 1 heterocycles. The number of hydrogen-bond acceptors (Lipinski definition) is 8. The summed E-state index contributed by atoms with van der Waals surface area (Å²) in [4.78, 5) is 12.9. The highest BCUT2D eigenvalue weighted by molar-refractivity contribution is 5.76. The van der Waals surface area contributed by atoms with Crippen LogP contribution in [0.5, 0.6) is 0 Å². The smallest absolute Gasteiger partial charge is 0.220 e. The van der Waals surface area contributed by atoms with E-state index in [1.54, 1.807) is 6.08 Å². The van der Waals surface area contributed by atoms with E-state index >= 15 is 0 Å². The Morgan fingerprint density at radius 1 is 0.740 bits per heavy atom. The lowest BCUT2D eigenvalue weighted by Crippen LogP contribution is -2.60. The molecule has 6 N–H and O–H groups in total. The van der Waals surface area contributed by atoms with E-state index in [0.717, 1.165) is 32.1 Å². The minimum atomic E-state index is -1.57. The van der Waals surface area contributed by atoms with Gasteiger partial charge in [0, 0.05) is 6.42 Å². The first-order valence-corrected chi connectivity index (χ1v) is 20.1. The Labute approximate surface area is 304 Å². The van der Waals surface area contributed by atoms with Gasteiger partial charge in [-0.1, -0.05) is 153 Å². The van der Waals surface area contributed by atoms with Crippen LogP contribution in [0.2, 0.25) is 0 Å². The number of aliphatic hydroxyl groups is 5. The zero-order chi connectivity index (χ0) is 36.8. The maximum absolute atomic E-state index is 12.9. The Morgan fingerprint density at radius 3 is 1.88 bits per heavy atom. The topological polar surface area (TPSA) is 149 Å². The molecule has 0 aliphatic carbocycles. The first kappa shape index (κ1) is 46.4. The average molecular weight is 710 g/mol. The Bertz CT molecular complexity index is 907. The molecule has 292 valence electrons. The predicted molar refractivity (Wildman–Crippen MR) is 203 cm³/mol. The quantitative estimate of drug-likeness (QED) is 0.0249. The van der Waals surface area contributed by atoms with Gasteiger partial charge < -0.3 is 40.3 Å². The molecule has 50 heavy (non-hydrogen) atoms. The van der Waals surface area contributed by atoms with Gasteiger partial charge >= 0.3 is 0 Å². The molecule has 0 aromatic heterocycles. The van der Waals surface area contributed by atoms with Crippen LogP contribution in [0.1, 0.15) is 162 Å². The van der Waals surface area contributed by atoms with Gasteiger partial charge in [-0.15, -0.1) is 0 Å². The number of ether oxygens (including phenoxy) is 2. The molecule has 0 unspecified atom stereocenters. The number of allylic oxidation sites excluding steroid dienone is 5. The number of amides is 1. The molecule has 0 aromatic carbocycles. The molecule has 1 aliphatic heterocycles. The van der Waals surface area contributed by atoms with Gasteiger partial charge in [-0.05, 0) is 39.0 Å². The van der Waals surface area contributed by atoms with Crippen molar-refractivity contribution in [2.24, 2.45) is 0 Å². The maximum atomic E-state index is 12.9. The zero-order valence-corrected chi connectivity index (χ0v) is 31.9. The number of carbonyl (C=O) groups excluding carboxylic acids is 1. The average Bonchev–Trinajstić information content (AvgIpc) is 3.11. The van der Waals surface area contributed by atoms with Crippen LogP contribution in [0.4, 0.5) is 0 Å². The SMILES string of the molecule is CCCCCCC/C=C/C(C)=C/CC/C=C/[C@H](O)[C@@H](CO[C@@H]1O[C@@H](CO)[C@H](O)[C@@H](O)[C@@H]1O)NC(=O)CCCCCCCCCCCCCCC. The summed E-state index contributed by atoms with van der Waals surface area (Å²) in [5, 5.41) is 54.0. The van der Waals surface area contributed by atoms with Crippen molar-refractivity contribution < 1.29 is 39.8 Å². The van der Waals surface area contributed by atoms with Crippen LogP contribution in [0.25, 0.3) is 0 Å². The molecule has 1 saturated heterocycles. The second kappa shape index (κ2) is 31.0. The maximum Gasteiger partial charge on any atom is 0.220 e. The van der Waals surface area contributed by atoms with E-state index in [1.807, 2.05) is 6.08 Å². The largest absolute Gasteiger partial charge is 0.394 e. The Kier molecular flexibility index (Phi) is 28.8. The van der Waals surface area contributed by atoms with Crippen molar-refractivity contribution in [2.45, 2.75) is 205 Å². The van der Waals surface area contributed by atoms with E-state index < -0.39 is 49.5 Å². The van der Waals surface area contributed by atoms with E-state index in [0.29, 0.717) is 12.8 Å². The van der Waals surface area contributed by atoms with Crippen LogP contribution in [-0.2, 0) is 14.3 Å². The Balaban J connectivity index is 2.54. The fourth-order valence-corrected chi connectivity index (χ4v) is 6.19. The number of hydrogen-bond donors (Lipinski definition) is 6. The van der Waals surface area contributed by atoms with Crippen LogP contribution in [0, 0.1) is 0 Å². The summed E-state index contributed by atoms with van der Waals surface area (Å²) in [5.74, 6) is -0.196. The molecule has 0 aromatic rings. The standard InChI is InChI=1S/C41H75NO8/c1-4-6-8-10-12-13-14-15-16-17-19-21-26-30-37(45)42-34(32-49-41-40(48)39(47)38(46)36(31-43)50-41)35(44)29-25-22-24-28-33(3)27-23-20-18-11-9-7-5-2/h23,25,27-29,34-36,38-41,43-44,46-48H,4-22,24,26,30-32H2,1-3H3,(H,42,45)/b27-23+,29-25+,33-28+/t34-,35+,36+,38+,39-,40+,41-/m1/s1. The summed E-state index contributed by atoms with van der Waals surface area (Å²) in [7, 11) is 0. The van der Waals surface area contributed by atoms with Gasteiger partial charge in [0.15, 0.2) is 6.29 Å². The fraction of sp³-hybridized carbons (Fsp3) is 0.829. The van der Waals surface area contributed by atoms with Gasteiger partial charge in [-0.2, -0.15) is 0 Å². The second-order valence-electron chi connectivity index (χ2n) is 14.2. The van der Waals surface area contributed by atoms with Crippen molar-refractivity contribution in [3.63, 3.8) is 0 Å². The number of carbonyl (C=O) groups is 1. The van der Waals surface area contributed by atoms with Gasteiger partial charge in [-0.25, -0.2) is 0 Å². The summed E-state index contributed by atoms with van der Waals surface area (Å²) >= 11 is 0. The first-order valence-electron chi connectivity index (χ1n) is 20.1.